The number of piperidine rings is 3. The quantitative estimate of drug-likeness (QED) is 0.184. The lowest BCUT2D eigenvalue weighted by Gasteiger charge is -2.44. The van der Waals surface area contributed by atoms with Gasteiger partial charge in [0.1, 0.15) is 11.5 Å². The number of likely N-dealkylation sites (tertiary alicyclic amines) is 2. The van der Waals surface area contributed by atoms with E-state index in [0.29, 0.717) is 47.3 Å². The monoisotopic (exact) mass is 866 g/mol. The lowest BCUT2D eigenvalue weighted by Crippen LogP contribution is -2.56. The van der Waals surface area contributed by atoms with Gasteiger partial charge in [-0.15, -0.1) is 0 Å². The largest absolute Gasteiger partial charge is 0.370 e. The molecule has 3 aromatic carbocycles. The molecule has 4 saturated heterocycles. The van der Waals surface area contributed by atoms with Gasteiger partial charge in [0.05, 0.1) is 27.9 Å². The molecule has 0 atom stereocenters. The second-order valence-corrected chi connectivity index (χ2v) is 18.7. The Labute approximate surface area is 350 Å². The van der Waals surface area contributed by atoms with Crippen LogP contribution in [0.1, 0.15) is 99.9 Å². The van der Waals surface area contributed by atoms with Crippen LogP contribution in [0.5, 0.6) is 0 Å². The first-order chi connectivity index (χ1) is 28.6. The second kappa shape index (κ2) is 15.2. The maximum Gasteiger partial charge on any atom is 0.281 e. The Bertz CT molecular complexity index is 2390. The molecule has 5 fully saturated rings. The Morgan fingerprint density at radius 2 is 1.53 bits per heavy atom. The molecule has 1 aliphatic carbocycles. The molecule has 0 bridgehead atoms. The van der Waals surface area contributed by atoms with Crippen LogP contribution in [-0.2, 0) is 19.8 Å². The maximum absolute atomic E-state index is 15.1. The molecule has 10 rings (SSSR count). The summed E-state index contributed by atoms with van der Waals surface area (Å²) in [6.07, 6.45) is 10.2. The van der Waals surface area contributed by atoms with Crippen LogP contribution < -0.4 is 15.4 Å². The summed E-state index contributed by atoms with van der Waals surface area (Å²) in [6, 6.07) is 15.4. The molecule has 1 aromatic heterocycles. The predicted molar refractivity (Wildman–Crippen MR) is 225 cm³/mol. The lowest BCUT2D eigenvalue weighted by atomic mass is 9.69. The third-order valence-corrected chi connectivity index (χ3v) is 15.0. The second-order valence-electron chi connectivity index (χ2n) is 17.8. The van der Waals surface area contributed by atoms with E-state index in [4.69, 9.17) is 4.98 Å². The van der Waals surface area contributed by atoms with Gasteiger partial charge in [-0.05, 0) is 127 Å². The number of fused-ring (bicyclic) bond motifs is 7. The van der Waals surface area contributed by atoms with Crippen molar-refractivity contribution in [3.05, 3.63) is 91.9 Å². The summed E-state index contributed by atoms with van der Waals surface area (Å²) in [5.41, 5.74) is 4.13. The number of aromatic nitrogens is 2. The molecule has 6 heterocycles. The number of hydrogen-bond donors (Lipinski definition) is 0. The Kier molecular flexibility index (Phi) is 9.97. The van der Waals surface area contributed by atoms with Gasteiger partial charge in [0, 0.05) is 55.7 Å². The fourth-order valence-electron chi connectivity index (χ4n) is 11.2. The van der Waals surface area contributed by atoms with Crippen molar-refractivity contribution >= 4 is 55.9 Å². The minimum atomic E-state index is -0.952. The van der Waals surface area contributed by atoms with Gasteiger partial charge in [-0.2, -0.15) is 4.98 Å². The van der Waals surface area contributed by atoms with Crippen LogP contribution in [-0.4, -0.2) is 82.9 Å². The van der Waals surface area contributed by atoms with Crippen molar-refractivity contribution in [2.75, 3.05) is 55.6 Å². The number of carbonyl (C=O) groups is 3. The molecule has 0 N–H and O–H groups in total. The van der Waals surface area contributed by atoms with E-state index in [1.165, 1.54) is 23.2 Å². The van der Waals surface area contributed by atoms with Crippen LogP contribution in [0.2, 0.25) is 0 Å². The normalized spacial score (nSPS) is 21.6. The lowest BCUT2D eigenvalue weighted by molar-refractivity contribution is -0.138. The minimum Gasteiger partial charge on any atom is -0.370 e. The van der Waals surface area contributed by atoms with Gasteiger partial charge in [-0.3, -0.25) is 23.7 Å². The minimum absolute atomic E-state index is 0.0769. The summed E-state index contributed by atoms with van der Waals surface area (Å²) in [7, 11) is 0. The SMILES string of the molecule is O=C(C1CN(c2cc(F)c(N3C(=O)CCCC3=O)c(F)c2)C1)N1CCC(CN2CCC(c3ccc4c(c3)-n3c(nc(=O)c5c(Br)cccc53)C43CCCCC3)CC2)CC1. The van der Waals surface area contributed by atoms with Gasteiger partial charge in [0.2, 0.25) is 17.7 Å². The zero-order valence-corrected chi connectivity index (χ0v) is 34.8. The first-order valence-electron chi connectivity index (χ1n) is 21.6. The summed E-state index contributed by atoms with van der Waals surface area (Å²) in [4.78, 5) is 63.2. The van der Waals surface area contributed by atoms with Crippen molar-refractivity contribution < 1.29 is 23.2 Å². The molecule has 308 valence electrons. The molecule has 1 saturated carbocycles. The van der Waals surface area contributed by atoms with Crippen LogP contribution in [0.4, 0.5) is 20.2 Å². The fourth-order valence-corrected chi connectivity index (χ4v) is 11.7. The zero-order chi connectivity index (χ0) is 40.6. The number of amides is 3. The maximum atomic E-state index is 15.1. The zero-order valence-electron chi connectivity index (χ0n) is 33.2. The van der Waals surface area contributed by atoms with Crippen molar-refractivity contribution in [2.24, 2.45) is 11.8 Å². The van der Waals surface area contributed by atoms with E-state index in [1.807, 2.05) is 17.0 Å². The third kappa shape index (κ3) is 6.61. The first-order valence-corrected chi connectivity index (χ1v) is 22.4. The van der Waals surface area contributed by atoms with E-state index in [2.05, 4.69) is 49.7 Å². The van der Waals surface area contributed by atoms with E-state index >= 15 is 8.78 Å². The van der Waals surface area contributed by atoms with Gasteiger partial charge < -0.3 is 14.7 Å². The van der Waals surface area contributed by atoms with Gasteiger partial charge >= 0.3 is 0 Å². The van der Waals surface area contributed by atoms with Crippen LogP contribution in [0.25, 0.3) is 16.6 Å². The highest BCUT2D eigenvalue weighted by molar-refractivity contribution is 9.10. The third-order valence-electron chi connectivity index (χ3n) is 14.4. The highest BCUT2D eigenvalue weighted by atomic mass is 79.9. The van der Waals surface area contributed by atoms with Gasteiger partial charge in [-0.25, -0.2) is 13.7 Å². The van der Waals surface area contributed by atoms with Crippen LogP contribution in [0.15, 0.2) is 57.8 Å². The van der Waals surface area contributed by atoms with Crippen molar-refractivity contribution in [1.82, 2.24) is 19.4 Å². The average Bonchev–Trinajstić information content (AvgIpc) is 3.46. The molecular weight excluding hydrogens is 818 g/mol. The molecule has 6 aliphatic rings. The van der Waals surface area contributed by atoms with Crippen molar-refractivity contribution in [3.8, 4) is 5.69 Å². The number of halogens is 3. The van der Waals surface area contributed by atoms with Gasteiger partial charge in [0.25, 0.3) is 5.56 Å². The molecule has 10 nitrogen and oxygen atoms in total. The standard InChI is InChI=1S/C46H49BrF2N6O4/c47-34-6-4-7-37-41(34)43(58)50-45-46(16-2-1-3-17-46)33-11-10-30(22-38(33)54(37)45)29-14-18-51(19-15-29)25-28-12-20-52(21-13-28)44(59)31-26-53(27-31)32-23-35(48)42(36(49)24-32)55-39(56)8-5-9-40(55)57/h4,6-7,10-11,22-24,28-29,31H,1-3,5,8-9,12-21,25-27H2. The van der Waals surface area contributed by atoms with Gasteiger partial charge in [-0.1, -0.05) is 37.5 Å². The average molecular weight is 868 g/mol. The molecule has 5 aliphatic heterocycles. The van der Waals surface area contributed by atoms with E-state index in [-0.39, 0.29) is 35.6 Å². The number of anilines is 2. The predicted octanol–water partition coefficient (Wildman–Crippen LogP) is 7.59. The van der Waals surface area contributed by atoms with Crippen molar-refractivity contribution in [3.63, 3.8) is 0 Å². The Morgan fingerprint density at radius 3 is 2.22 bits per heavy atom. The highest BCUT2D eigenvalue weighted by Crippen LogP contribution is 2.52. The smallest absolute Gasteiger partial charge is 0.281 e. The summed E-state index contributed by atoms with van der Waals surface area (Å²) >= 11 is 3.64. The first kappa shape index (κ1) is 38.7. The molecule has 3 amide bonds. The van der Waals surface area contributed by atoms with E-state index in [9.17, 15) is 19.2 Å². The summed E-state index contributed by atoms with van der Waals surface area (Å²) < 4.78 is 33.3. The van der Waals surface area contributed by atoms with Crippen molar-refractivity contribution in [2.45, 2.75) is 88.4 Å². The molecule has 13 heteroatoms. The summed E-state index contributed by atoms with van der Waals surface area (Å²) in [5, 5.41) is 0.640. The van der Waals surface area contributed by atoms with Crippen LogP contribution >= 0.6 is 15.9 Å². The van der Waals surface area contributed by atoms with E-state index in [0.717, 1.165) is 112 Å². The number of imide groups is 1. The molecule has 59 heavy (non-hydrogen) atoms. The van der Waals surface area contributed by atoms with E-state index in [1.54, 1.807) is 4.90 Å². The number of hydrogen-bond acceptors (Lipinski definition) is 7. The molecular formula is C46H49BrF2N6O4. The highest BCUT2D eigenvalue weighted by Gasteiger charge is 2.47. The molecule has 0 unspecified atom stereocenters. The Morgan fingerprint density at radius 1 is 0.831 bits per heavy atom. The van der Waals surface area contributed by atoms with Gasteiger partial charge in [0.15, 0.2) is 11.6 Å². The summed E-state index contributed by atoms with van der Waals surface area (Å²) in [6.45, 7) is 5.29. The molecule has 4 aromatic rings. The summed E-state index contributed by atoms with van der Waals surface area (Å²) in [5.74, 6) is -1.33. The fraction of sp³-hybridized carbons (Fsp3) is 0.500. The number of nitrogens with zero attached hydrogens (tertiary/aromatic N) is 6. The number of rotatable bonds is 6. The Hall–Kier alpha value is -4.49. The van der Waals surface area contributed by atoms with Crippen molar-refractivity contribution in [1.29, 1.82) is 0 Å². The van der Waals surface area contributed by atoms with Crippen LogP contribution in [0.3, 0.4) is 0 Å². The topological polar surface area (TPSA) is 99.1 Å². The molecule has 0 radical (unpaired) electrons. The Balaban J connectivity index is 0.738. The number of benzene rings is 3. The number of carbonyl (C=O) groups excluding carboxylic acids is 3. The van der Waals surface area contributed by atoms with Crippen LogP contribution in [0, 0.1) is 23.5 Å². The molecule has 1 spiro atoms. The van der Waals surface area contributed by atoms with E-state index < -0.39 is 29.1 Å².